The summed E-state index contributed by atoms with van der Waals surface area (Å²) >= 11 is 0. The fourth-order valence-electron chi connectivity index (χ4n) is 3.29. The summed E-state index contributed by atoms with van der Waals surface area (Å²) < 4.78 is 0.915. The van der Waals surface area contributed by atoms with E-state index in [1.54, 1.807) is 0 Å². The zero-order chi connectivity index (χ0) is 14.7. The summed E-state index contributed by atoms with van der Waals surface area (Å²) in [6.07, 6.45) is 8.54. The number of likely N-dealkylation sites (N-methyl/N-ethyl adjacent to an activating group) is 1. The highest BCUT2D eigenvalue weighted by Crippen LogP contribution is 2.33. The number of nitrogens with zero attached hydrogens (tertiary/aromatic N) is 1. The molecule has 0 amide bonds. The van der Waals surface area contributed by atoms with Gasteiger partial charge < -0.3 is 9.59 Å². The highest BCUT2D eigenvalue weighted by Gasteiger charge is 2.46. The van der Waals surface area contributed by atoms with E-state index in [1.165, 1.54) is 17.6 Å². The predicted octanol–water partition coefficient (Wildman–Crippen LogP) is 3.44. The Labute approximate surface area is 118 Å². The van der Waals surface area contributed by atoms with E-state index >= 15 is 0 Å². The second-order valence-corrected chi connectivity index (χ2v) is 6.86. The summed E-state index contributed by atoms with van der Waals surface area (Å²) in [5.41, 5.74) is 1.93. The molecule has 0 aromatic heterocycles. The largest absolute Gasteiger partial charge is 0.384 e. The van der Waals surface area contributed by atoms with Gasteiger partial charge in [-0.05, 0) is 27.7 Å². The van der Waals surface area contributed by atoms with Crippen molar-refractivity contribution in [1.82, 2.24) is 0 Å². The van der Waals surface area contributed by atoms with Gasteiger partial charge in [-0.1, -0.05) is 30.4 Å². The highest BCUT2D eigenvalue weighted by molar-refractivity contribution is 5.24. The van der Waals surface area contributed by atoms with E-state index in [4.69, 9.17) is 0 Å². The predicted molar refractivity (Wildman–Crippen MR) is 82.9 cm³/mol. The van der Waals surface area contributed by atoms with Gasteiger partial charge in [0.15, 0.2) is 0 Å². The van der Waals surface area contributed by atoms with Crippen molar-refractivity contribution >= 4 is 0 Å². The minimum Gasteiger partial charge on any atom is -0.384 e. The molecule has 1 saturated heterocycles. The Morgan fingerprint density at radius 3 is 2.47 bits per heavy atom. The summed E-state index contributed by atoms with van der Waals surface area (Å²) in [4.78, 5) is 0. The third-order valence-electron chi connectivity index (χ3n) is 4.15. The first kappa shape index (κ1) is 16.2. The maximum atomic E-state index is 10.4. The Hall–Kier alpha value is -0.860. The lowest BCUT2D eigenvalue weighted by Crippen LogP contribution is -2.57. The van der Waals surface area contributed by atoms with Crippen LogP contribution in [0, 0.1) is 0 Å². The van der Waals surface area contributed by atoms with Crippen LogP contribution in [0.4, 0.5) is 0 Å². The van der Waals surface area contributed by atoms with Crippen molar-refractivity contribution in [3.63, 3.8) is 0 Å². The van der Waals surface area contributed by atoms with Crippen LogP contribution in [0.25, 0.3) is 0 Å². The van der Waals surface area contributed by atoms with Crippen molar-refractivity contribution in [2.24, 2.45) is 0 Å². The molecule has 0 aromatic carbocycles. The van der Waals surface area contributed by atoms with Gasteiger partial charge in [0.2, 0.25) is 0 Å². The molecule has 1 rings (SSSR count). The summed E-state index contributed by atoms with van der Waals surface area (Å²) in [7, 11) is 2.26. The van der Waals surface area contributed by atoms with Crippen molar-refractivity contribution in [3.8, 4) is 0 Å². The average Bonchev–Trinajstić information content (AvgIpc) is 2.66. The average molecular weight is 264 g/mol. The van der Waals surface area contributed by atoms with Crippen LogP contribution in [0.5, 0.6) is 0 Å². The first-order chi connectivity index (χ1) is 8.69. The molecule has 0 aromatic rings. The summed E-state index contributed by atoms with van der Waals surface area (Å²) in [5, 5.41) is 10.4. The molecule has 2 atom stereocenters. The van der Waals surface area contributed by atoms with Gasteiger partial charge in [-0.15, -0.1) is 0 Å². The van der Waals surface area contributed by atoms with Crippen molar-refractivity contribution < 1.29 is 9.59 Å². The van der Waals surface area contributed by atoms with Crippen LogP contribution in [-0.4, -0.2) is 41.4 Å². The number of allylic oxidation sites excluding steroid dienone is 3. The fourth-order valence-corrected chi connectivity index (χ4v) is 3.29. The smallest absolute Gasteiger partial charge is 0.118 e. The molecule has 1 aliphatic heterocycles. The van der Waals surface area contributed by atoms with Crippen molar-refractivity contribution in [2.45, 2.75) is 52.2 Å². The van der Waals surface area contributed by atoms with E-state index in [-0.39, 0.29) is 0 Å². The molecule has 1 N–H and O–H groups in total. The van der Waals surface area contributed by atoms with Crippen LogP contribution in [0.3, 0.4) is 0 Å². The van der Waals surface area contributed by atoms with Gasteiger partial charge in [0.1, 0.15) is 18.2 Å². The number of hydrogen-bond acceptors (Lipinski definition) is 1. The van der Waals surface area contributed by atoms with E-state index in [9.17, 15) is 5.11 Å². The number of aliphatic hydroxyl groups is 1. The van der Waals surface area contributed by atoms with Crippen LogP contribution < -0.4 is 0 Å². The highest BCUT2D eigenvalue weighted by atomic mass is 16.3. The molecule has 0 aliphatic carbocycles. The number of likely N-dealkylation sites (tertiary alicyclic amines) is 1. The van der Waals surface area contributed by atoms with Gasteiger partial charge >= 0.3 is 0 Å². The SMILES string of the molecule is C=C/C(=C\C=C(C)C)C[N+]1(C)CCCC1C(C)(C)O. The molecule has 2 unspecified atom stereocenters. The van der Waals surface area contributed by atoms with Gasteiger partial charge in [0, 0.05) is 18.4 Å². The maximum absolute atomic E-state index is 10.4. The monoisotopic (exact) mass is 264 g/mol. The first-order valence-corrected chi connectivity index (χ1v) is 7.22. The number of quaternary nitrogens is 1. The van der Waals surface area contributed by atoms with E-state index in [1.807, 2.05) is 19.9 Å². The molecule has 0 bridgehead atoms. The summed E-state index contributed by atoms with van der Waals surface area (Å²) in [6, 6.07) is 0.308. The molecule has 19 heavy (non-hydrogen) atoms. The van der Waals surface area contributed by atoms with Crippen molar-refractivity contribution in [1.29, 1.82) is 0 Å². The molecule has 0 saturated carbocycles. The molecule has 2 nitrogen and oxygen atoms in total. The molecule has 0 radical (unpaired) electrons. The van der Waals surface area contributed by atoms with Crippen LogP contribution in [0.2, 0.25) is 0 Å². The topological polar surface area (TPSA) is 20.2 Å². The minimum atomic E-state index is -0.617. The molecule has 0 spiro atoms. The van der Waals surface area contributed by atoms with Crippen molar-refractivity contribution in [2.75, 3.05) is 20.1 Å². The Balaban J connectivity index is 2.91. The first-order valence-electron chi connectivity index (χ1n) is 7.22. The third-order valence-corrected chi connectivity index (χ3v) is 4.15. The van der Waals surface area contributed by atoms with E-state index < -0.39 is 5.60 Å². The zero-order valence-corrected chi connectivity index (χ0v) is 13.2. The van der Waals surface area contributed by atoms with E-state index in [0.717, 1.165) is 24.0 Å². The van der Waals surface area contributed by atoms with Gasteiger partial charge in [0.05, 0.1) is 13.6 Å². The summed E-state index contributed by atoms with van der Waals surface area (Å²) in [6.45, 7) is 14.1. The lowest BCUT2D eigenvalue weighted by atomic mass is 9.95. The van der Waals surface area contributed by atoms with Gasteiger partial charge in [0.25, 0.3) is 0 Å². The van der Waals surface area contributed by atoms with E-state index in [2.05, 4.69) is 39.6 Å². The molecule has 1 heterocycles. The Bertz CT molecular complexity index is 383. The normalized spacial score (nSPS) is 28.3. The lowest BCUT2D eigenvalue weighted by molar-refractivity contribution is -0.922. The van der Waals surface area contributed by atoms with Crippen LogP contribution >= 0.6 is 0 Å². The quantitative estimate of drug-likeness (QED) is 0.596. The Morgan fingerprint density at radius 2 is 2.00 bits per heavy atom. The van der Waals surface area contributed by atoms with Gasteiger partial charge in [-0.2, -0.15) is 0 Å². The summed E-state index contributed by atoms with van der Waals surface area (Å²) in [5.74, 6) is 0. The maximum Gasteiger partial charge on any atom is 0.118 e. The van der Waals surface area contributed by atoms with Crippen LogP contribution in [0.1, 0.15) is 40.5 Å². The second kappa shape index (κ2) is 6.06. The molecular weight excluding hydrogens is 234 g/mol. The van der Waals surface area contributed by atoms with E-state index in [0.29, 0.717) is 6.04 Å². The lowest BCUT2D eigenvalue weighted by Gasteiger charge is -2.42. The fraction of sp³-hybridized carbons (Fsp3) is 0.647. The van der Waals surface area contributed by atoms with Crippen LogP contribution in [0.15, 0.2) is 36.0 Å². The number of hydrogen-bond donors (Lipinski definition) is 1. The van der Waals surface area contributed by atoms with Crippen molar-refractivity contribution in [3.05, 3.63) is 36.0 Å². The molecule has 108 valence electrons. The zero-order valence-electron chi connectivity index (χ0n) is 13.2. The Kier molecular flexibility index (Phi) is 5.17. The minimum absolute atomic E-state index is 0.308. The second-order valence-electron chi connectivity index (χ2n) is 6.86. The molecule has 1 aliphatic rings. The van der Waals surface area contributed by atoms with Crippen LogP contribution in [-0.2, 0) is 0 Å². The number of rotatable bonds is 5. The molecule has 2 heteroatoms. The van der Waals surface area contributed by atoms with Gasteiger partial charge in [-0.25, -0.2) is 0 Å². The Morgan fingerprint density at radius 1 is 1.37 bits per heavy atom. The molecule has 1 fully saturated rings. The van der Waals surface area contributed by atoms with Gasteiger partial charge in [-0.3, -0.25) is 0 Å². The molecular formula is C17H30NO+. The standard InChI is InChI=1S/C17H30NO/c1-7-15(11-10-14(2)3)13-18(6)12-8-9-16(18)17(4,5)19/h7,10-11,16,19H,1,8-9,12-13H2,2-6H3/q+1/b15-11+. The third kappa shape index (κ3) is 4.32.